The van der Waals surface area contributed by atoms with Crippen LogP contribution in [-0.2, 0) is 6.54 Å². The SMILES string of the molecule is OCCN(Cc1nc2ccccc2[nH]1)C1CCCCC1. The van der Waals surface area contributed by atoms with E-state index in [1.54, 1.807) is 0 Å². The molecule has 0 amide bonds. The van der Waals surface area contributed by atoms with Crippen molar-refractivity contribution in [3.63, 3.8) is 0 Å². The van der Waals surface area contributed by atoms with E-state index in [1.807, 2.05) is 18.2 Å². The molecule has 0 radical (unpaired) electrons. The number of hydrogen-bond donors (Lipinski definition) is 2. The van der Waals surface area contributed by atoms with Gasteiger partial charge in [0.15, 0.2) is 0 Å². The fourth-order valence-corrected chi connectivity index (χ4v) is 3.24. The van der Waals surface area contributed by atoms with Crippen molar-refractivity contribution in [1.29, 1.82) is 0 Å². The molecule has 1 heterocycles. The van der Waals surface area contributed by atoms with Crippen molar-refractivity contribution in [1.82, 2.24) is 14.9 Å². The maximum absolute atomic E-state index is 9.31. The van der Waals surface area contributed by atoms with Gasteiger partial charge in [-0.15, -0.1) is 0 Å². The minimum Gasteiger partial charge on any atom is -0.395 e. The van der Waals surface area contributed by atoms with E-state index in [4.69, 9.17) is 0 Å². The molecule has 0 aliphatic heterocycles. The van der Waals surface area contributed by atoms with Crippen LogP contribution in [0.2, 0.25) is 0 Å². The van der Waals surface area contributed by atoms with Crippen LogP contribution in [0.4, 0.5) is 0 Å². The Bertz CT molecular complexity index is 512. The standard InChI is InChI=1S/C16H23N3O/c20-11-10-19(13-6-2-1-3-7-13)12-16-17-14-8-4-5-9-15(14)18-16/h4-5,8-9,13,20H,1-3,6-7,10-12H2,(H,17,18). The first-order chi connectivity index (χ1) is 9.86. The molecule has 0 unspecified atom stereocenters. The number of benzene rings is 1. The Morgan fingerprint density at radius 1 is 1.20 bits per heavy atom. The Morgan fingerprint density at radius 3 is 2.75 bits per heavy atom. The average molecular weight is 273 g/mol. The first kappa shape index (κ1) is 13.6. The van der Waals surface area contributed by atoms with E-state index in [2.05, 4.69) is 20.9 Å². The zero-order chi connectivity index (χ0) is 13.8. The van der Waals surface area contributed by atoms with Crippen LogP contribution in [0.5, 0.6) is 0 Å². The molecular formula is C16H23N3O. The minimum atomic E-state index is 0.219. The Morgan fingerprint density at radius 2 is 2.00 bits per heavy atom. The second-order valence-electron chi connectivity index (χ2n) is 5.69. The largest absolute Gasteiger partial charge is 0.395 e. The first-order valence-electron chi connectivity index (χ1n) is 7.65. The molecule has 1 aliphatic carbocycles. The van der Waals surface area contributed by atoms with Crippen molar-refractivity contribution in [3.8, 4) is 0 Å². The van der Waals surface area contributed by atoms with Crippen LogP contribution in [0.1, 0.15) is 37.9 Å². The van der Waals surface area contributed by atoms with Crippen molar-refractivity contribution in [3.05, 3.63) is 30.1 Å². The van der Waals surface area contributed by atoms with Crippen LogP contribution in [0.3, 0.4) is 0 Å². The number of aromatic amines is 1. The van der Waals surface area contributed by atoms with E-state index in [9.17, 15) is 5.11 Å². The Balaban J connectivity index is 1.74. The van der Waals surface area contributed by atoms with Crippen LogP contribution in [0.15, 0.2) is 24.3 Å². The second kappa shape index (κ2) is 6.37. The van der Waals surface area contributed by atoms with Crippen LogP contribution in [0.25, 0.3) is 11.0 Å². The number of aliphatic hydroxyl groups excluding tert-OH is 1. The predicted octanol–water partition coefficient (Wildman–Crippen LogP) is 2.69. The summed E-state index contributed by atoms with van der Waals surface area (Å²) < 4.78 is 0. The zero-order valence-electron chi connectivity index (χ0n) is 11.9. The number of fused-ring (bicyclic) bond motifs is 1. The number of nitrogens with zero attached hydrogens (tertiary/aromatic N) is 2. The third-order valence-corrected chi connectivity index (χ3v) is 4.27. The van der Waals surface area contributed by atoms with Gasteiger partial charge in [-0.05, 0) is 25.0 Å². The van der Waals surface area contributed by atoms with E-state index in [0.717, 1.165) is 29.9 Å². The minimum absolute atomic E-state index is 0.219. The molecule has 2 N–H and O–H groups in total. The Kier molecular flexibility index (Phi) is 4.33. The summed E-state index contributed by atoms with van der Waals surface area (Å²) in [6.07, 6.45) is 6.48. The van der Waals surface area contributed by atoms with Gasteiger partial charge in [-0.25, -0.2) is 4.98 Å². The number of para-hydroxylation sites is 2. The molecule has 1 aromatic carbocycles. The van der Waals surface area contributed by atoms with E-state index < -0.39 is 0 Å². The molecule has 0 bridgehead atoms. The maximum Gasteiger partial charge on any atom is 0.121 e. The highest BCUT2D eigenvalue weighted by Crippen LogP contribution is 2.23. The number of nitrogens with one attached hydrogen (secondary N) is 1. The monoisotopic (exact) mass is 273 g/mol. The van der Waals surface area contributed by atoms with Crippen molar-refractivity contribution in [2.24, 2.45) is 0 Å². The molecule has 4 heteroatoms. The highest BCUT2D eigenvalue weighted by Gasteiger charge is 2.21. The Hall–Kier alpha value is -1.39. The van der Waals surface area contributed by atoms with Gasteiger partial charge >= 0.3 is 0 Å². The van der Waals surface area contributed by atoms with Gasteiger partial charge in [0.2, 0.25) is 0 Å². The fraction of sp³-hybridized carbons (Fsp3) is 0.562. The van der Waals surface area contributed by atoms with Gasteiger partial charge in [0.1, 0.15) is 5.82 Å². The molecule has 1 saturated carbocycles. The molecular weight excluding hydrogens is 250 g/mol. The lowest BCUT2D eigenvalue weighted by atomic mass is 9.94. The lowest BCUT2D eigenvalue weighted by Gasteiger charge is -2.33. The van der Waals surface area contributed by atoms with Crippen LogP contribution >= 0.6 is 0 Å². The molecule has 3 rings (SSSR count). The van der Waals surface area contributed by atoms with Crippen LogP contribution in [0, 0.1) is 0 Å². The number of aromatic nitrogens is 2. The van der Waals surface area contributed by atoms with Gasteiger partial charge in [-0.3, -0.25) is 4.90 Å². The van der Waals surface area contributed by atoms with E-state index in [1.165, 1.54) is 32.1 Å². The topological polar surface area (TPSA) is 52.1 Å². The summed E-state index contributed by atoms with van der Waals surface area (Å²) in [6.45, 7) is 1.76. The molecule has 1 fully saturated rings. The quantitative estimate of drug-likeness (QED) is 0.880. The lowest BCUT2D eigenvalue weighted by Crippen LogP contribution is -2.38. The summed E-state index contributed by atoms with van der Waals surface area (Å²) >= 11 is 0. The number of imidazole rings is 1. The highest BCUT2D eigenvalue weighted by atomic mass is 16.3. The summed E-state index contributed by atoms with van der Waals surface area (Å²) in [5, 5.41) is 9.31. The molecule has 1 aliphatic rings. The second-order valence-corrected chi connectivity index (χ2v) is 5.69. The highest BCUT2D eigenvalue weighted by molar-refractivity contribution is 5.74. The lowest BCUT2D eigenvalue weighted by molar-refractivity contribution is 0.115. The van der Waals surface area contributed by atoms with Gasteiger partial charge in [0.25, 0.3) is 0 Å². The van der Waals surface area contributed by atoms with E-state index in [-0.39, 0.29) is 6.61 Å². The average Bonchev–Trinajstić information content (AvgIpc) is 2.90. The van der Waals surface area contributed by atoms with Gasteiger partial charge in [-0.1, -0.05) is 31.4 Å². The van der Waals surface area contributed by atoms with Gasteiger partial charge < -0.3 is 10.1 Å². The fourth-order valence-electron chi connectivity index (χ4n) is 3.24. The molecule has 0 saturated heterocycles. The van der Waals surface area contributed by atoms with E-state index >= 15 is 0 Å². The normalized spacial score (nSPS) is 17.1. The third-order valence-electron chi connectivity index (χ3n) is 4.27. The molecule has 4 nitrogen and oxygen atoms in total. The molecule has 20 heavy (non-hydrogen) atoms. The van der Waals surface area contributed by atoms with Crippen LogP contribution < -0.4 is 0 Å². The summed E-state index contributed by atoms with van der Waals surface area (Å²) in [5.41, 5.74) is 2.12. The van der Waals surface area contributed by atoms with Gasteiger partial charge in [-0.2, -0.15) is 0 Å². The van der Waals surface area contributed by atoms with E-state index in [0.29, 0.717) is 6.04 Å². The molecule has 0 atom stereocenters. The smallest absolute Gasteiger partial charge is 0.121 e. The van der Waals surface area contributed by atoms with Crippen molar-refractivity contribution in [2.45, 2.75) is 44.7 Å². The van der Waals surface area contributed by atoms with Crippen molar-refractivity contribution in [2.75, 3.05) is 13.2 Å². The maximum atomic E-state index is 9.31. The molecule has 1 aromatic heterocycles. The molecule has 108 valence electrons. The van der Waals surface area contributed by atoms with Crippen molar-refractivity contribution < 1.29 is 5.11 Å². The number of aliphatic hydroxyl groups is 1. The zero-order valence-corrected chi connectivity index (χ0v) is 11.9. The summed E-state index contributed by atoms with van der Waals surface area (Å²) in [6, 6.07) is 8.73. The van der Waals surface area contributed by atoms with Crippen LogP contribution in [-0.4, -0.2) is 39.2 Å². The number of hydrogen-bond acceptors (Lipinski definition) is 3. The Labute approximate surface area is 119 Å². The van der Waals surface area contributed by atoms with Gasteiger partial charge in [0.05, 0.1) is 24.2 Å². The first-order valence-corrected chi connectivity index (χ1v) is 7.65. The third kappa shape index (κ3) is 3.02. The summed E-state index contributed by atoms with van der Waals surface area (Å²) in [7, 11) is 0. The van der Waals surface area contributed by atoms with Crippen molar-refractivity contribution >= 4 is 11.0 Å². The molecule has 2 aromatic rings. The number of H-pyrrole nitrogens is 1. The molecule has 0 spiro atoms. The summed E-state index contributed by atoms with van der Waals surface area (Å²) in [4.78, 5) is 10.4. The summed E-state index contributed by atoms with van der Waals surface area (Å²) in [5.74, 6) is 1.00. The number of rotatable bonds is 5. The predicted molar refractivity (Wildman–Crippen MR) is 80.5 cm³/mol. The van der Waals surface area contributed by atoms with Gasteiger partial charge in [0, 0.05) is 12.6 Å².